The minimum Gasteiger partial charge on any atom is -0.273 e. The number of nitrogens with zero attached hydrogens (tertiary/aromatic N) is 2. The van der Waals surface area contributed by atoms with E-state index in [0.29, 0.717) is 10.0 Å². The Kier molecular flexibility index (Phi) is 5.37. The molecule has 2 aromatic carbocycles. The van der Waals surface area contributed by atoms with Gasteiger partial charge in [-0.25, -0.2) is 5.43 Å². The summed E-state index contributed by atoms with van der Waals surface area (Å²) in [5.74, 6) is -0.255. The SMILES string of the molecule is O=C(Cc1ccccc1)N/N=C/c1ccc(Br)c([N+](=O)[O-])c1. The molecule has 0 saturated heterocycles. The van der Waals surface area contributed by atoms with Crippen molar-refractivity contribution in [3.63, 3.8) is 0 Å². The molecule has 0 aromatic heterocycles. The number of carbonyl (C=O) groups excluding carboxylic acids is 1. The summed E-state index contributed by atoms with van der Waals surface area (Å²) in [4.78, 5) is 22.0. The molecular formula is C15H12BrN3O3. The molecule has 0 saturated carbocycles. The molecule has 0 aliphatic rings. The molecule has 0 unspecified atom stereocenters. The highest BCUT2D eigenvalue weighted by Gasteiger charge is 2.11. The highest BCUT2D eigenvalue weighted by atomic mass is 79.9. The van der Waals surface area contributed by atoms with E-state index in [1.54, 1.807) is 12.1 Å². The zero-order chi connectivity index (χ0) is 15.9. The Hall–Kier alpha value is -2.54. The quantitative estimate of drug-likeness (QED) is 0.504. The van der Waals surface area contributed by atoms with Crippen LogP contribution in [0, 0.1) is 10.1 Å². The van der Waals surface area contributed by atoms with Crippen LogP contribution in [0.2, 0.25) is 0 Å². The van der Waals surface area contributed by atoms with Gasteiger partial charge < -0.3 is 0 Å². The molecule has 0 aliphatic carbocycles. The van der Waals surface area contributed by atoms with E-state index in [0.717, 1.165) is 5.56 Å². The number of halogens is 1. The Morgan fingerprint density at radius 2 is 2.00 bits per heavy atom. The maximum atomic E-state index is 11.7. The van der Waals surface area contributed by atoms with E-state index >= 15 is 0 Å². The molecule has 0 heterocycles. The second-order valence-corrected chi connectivity index (χ2v) is 5.28. The minimum absolute atomic E-state index is 0.0560. The first-order chi connectivity index (χ1) is 10.6. The second-order valence-electron chi connectivity index (χ2n) is 4.42. The lowest BCUT2D eigenvalue weighted by Crippen LogP contribution is -2.19. The van der Waals surface area contributed by atoms with Crippen molar-refractivity contribution in [2.45, 2.75) is 6.42 Å². The van der Waals surface area contributed by atoms with E-state index in [4.69, 9.17) is 0 Å². The summed E-state index contributed by atoms with van der Waals surface area (Å²) in [7, 11) is 0. The van der Waals surface area contributed by atoms with Crippen LogP contribution in [-0.2, 0) is 11.2 Å². The monoisotopic (exact) mass is 361 g/mol. The van der Waals surface area contributed by atoms with E-state index in [9.17, 15) is 14.9 Å². The van der Waals surface area contributed by atoms with Gasteiger partial charge in [0.05, 0.1) is 22.0 Å². The van der Waals surface area contributed by atoms with Crippen LogP contribution >= 0.6 is 15.9 Å². The largest absolute Gasteiger partial charge is 0.284 e. The first-order valence-electron chi connectivity index (χ1n) is 6.36. The smallest absolute Gasteiger partial charge is 0.273 e. The van der Waals surface area contributed by atoms with E-state index in [1.807, 2.05) is 30.3 Å². The van der Waals surface area contributed by atoms with Crippen molar-refractivity contribution in [2.24, 2.45) is 5.10 Å². The van der Waals surface area contributed by atoms with E-state index in [1.165, 1.54) is 12.3 Å². The number of nitrogens with one attached hydrogen (secondary N) is 1. The number of amides is 1. The maximum Gasteiger partial charge on any atom is 0.284 e. The Bertz CT molecular complexity index is 717. The lowest BCUT2D eigenvalue weighted by Gasteiger charge is -2.00. The predicted octanol–water partition coefficient (Wildman–Crippen LogP) is 3.05. The molecule has 0 aliphatic heterocycles. The Morgan fingerprint density at radius 1 is 1.27 bits per heavy atom. The number of hydrazone groups is 1. The third-order valence-corrected chi connectivity index (χ3v) is 3.45. The van der Waals surface area contributed by atoms with Crippen molar-refractivity contribution < 1.29 is 9.72 Å². The van der Waals surface area contributed by atoms with Crippen LogP contribution in [-0.4, -0.2) is 17.0 Å². The van der Waals surface area contributed by atoms with E-state index in [2.05, 4.69) is 26.5 Å². The summed E-state index contributed by atoms with van der Waals surface area (Å²) >= 11 is 3.10. The van der Waals surface area contributed by atoms with Gasteiger partial charge in [0.15, 0.2) is 0 Å². The van der Waals surface area contributed by atoms with Gasteiger partial charge in [-0.1, -0.05) is 36.4 Å². The topological polar surface area (TPSA) is 84.6 Å². The summed E-state index contributed by atoms with van der Waals surface area (Å²) in [6.45, 7) is 0. The number of hydrogen-bond acceptors (Lipinski definition) is 4. The number of rotatable bonds is 5. The van der Waals surface area contributed by atoms with E-state index in [-0.39, 0.29) is 18.0 Å². The average molecular weight is 362 g/mol. The second kappa shape index (κ2) is 7.46. The van der Waals surface area contributed by atoms with Gasteiger partial charge in [0, 0.05) is 11.6 Å². The fraction of sp³-hybridized carbons (Fsp3) is 0.0667. The highest BCUT2D eigenvalue weighted by molar-refractivity contribution is 9.10. The fourth-order valence-corrected chi connectivity index (χ4v) is 2.14. The standard InChI is InChI=1S/C15H12BrN3O3/c16-13-7-6-12(8-14(13)19(21)22)10-17-18-15(20)9-11-4-2-1-3-5-11/h1-8,10H,9H2,(H,18,20)/b17-10+. The molecule has 7 heteroatoms. The number of nitro groups is 1. The number of hydrogen-bond donors (Lipinski definition) is 1. The van der Waals surface area contributed by atoms with E-state index < -0.39 is 4.92 Å². The molecule has 22 heavy (non-hydrogen) atoms. The van der Waals surface area contributed by atoms with Crippen LogP contribution in [0.25, 0.3) is 0 Å². The molecular weight excluding hydrogens is 350 g/mol. The number of benzene rings is 2. The van der Waals surface area contributed by atoms with Crippen molar-refractivity contribution in [2.75, 3.05) is 0 Å². The molecule has 0 spiro atoms. The molecule has 1 amide bonds. The van der Waals surface area contributed by atoms with Gasteiger partial charge in [-0.15, -0.1) is 0 Å². The van der Waals surface area contributed by atoms with Gasteiger partial charge in [-0.2, -0.15) is 5.10 Å². The van der Waals surface area contributed by atoms with Crippen LogP contribution in [0.4, 0.5) is 5.69 Å². The van der Waals surface area contributed by atoms with Crippen LogP contribution in [0.3, 0.4) is 0 Å². The molecule has 0 bridgehead atoms. The van der Waals surface area contributed by atoms with Crippen molar-refractivity contribution in [1.29, 1.82) is 0 Å². The van der Waals surface area contributed by atoms with Crippen LogP contribution in [0.15, 0.2) is 58.1 Å². The summed E-state index contributed by atoms with van der Waals surface area (Å²) < 4.78 is 0.391. The number of nitro benzene ring substituents is 1. The molecule has 2 rings (SSSR count). The van der Waals surface area contributed by atoms with Crippen molar-refractivity contribution >= 4 is 33.7 Å². The lowest BCUT2D eigenvalue weighted by atomic mass is 10.1. The Morgan fingerprint density at radius 3 is 2.68 bits per heavy atom. The first kappa shape index (κ1) is 15.8. The maximum absolute atomic E-state index is 11.7. The first-order valence-corrected chi connectivity index (χ1v) is 7.15. The molecule has 0 radical (unpaired) electrons. The minimum atomic E-state index is -0.491. The van der Waals surface area contributed by atoms with Gasteiger partial charge in [-0.3, -0.25) is 14.9 Å². The zero-order valence-electron chi connectivity index (χ0n) is 11.4. The number of carbonyl (C=O) groups is 1. The fourth-order valence-electron chi connectivity index (χ4n) is 1.75. The van der Waals surface area contributed by atoms with Crippen LogP contribution in [0.5, 0.6) is 0 Å². The zero-order valence-corrected chi connectivity index (χ0v) is 13.0. The molecule has 6 nitrogen and oxygen atoms in total. The van der Waals surface area contributed by atoms with Crippen LogP contribution in [0.1, 0.15) is 11.1 Å². The molecule has 0 atom stereocenters. The van der Waals surface area contributed by atoms with Crippen molar-refractivity contribution in [3.8, 4) is 0 Å². The van der Waals surface area contributed by atoms with Gasteiger partial charge in [0.1, 0.15) is 0 Å². The van der Waals surface area contributed by atoms with Gasteiger partial charge in [0.25, 0.3) is 5.69 Å². The average Bonchev–Trinajstić information content (AvgIpc) is 2.49. The molecule has 112 valence electrons. The third-order valence-electron chi connectivity index (χ3n) is 2.78. The van der Waals surface area contributed by atoms with Crippen LogP contribution < -0.4 is 5.43 Å². The predicted molar refractivity (Wildman–Crippen MR) is 86.7 cm³/mol. The molecule has 0 fully saturated rings. The van der Waals surface area contributed by atoms with Crippen molar-refractivity contribution in [1.82, 2.24) is 5.43 Å². The lowest BCUT2D eigenvalue weighted by molar-refractivity contribution is -0.385. The normalized spacial score (nSPS) is 10.6. The Balaban J connectivity index is 1.96. The Labute approximate surface area is 135 Å². The van der Waals surface area contributed by atoms with Gasteiger partial charge in [0.2, 0.25) is 5.91 Å². The van der Waals surface area contributed by atoms with Gasteiger partial charge >= 0.3 is 0 Å². The van der Waals surface area contributed by atoms with Crippen molar-refractivity contribution in [3.05, 3.63) is 74.2 Å². The summed E-state index contributed by atoms with van der Waals surface area (Å²) in [5.41, 5.74) is 3.74. The third kappa shape index (κ3) is 4.49. The summed E-state index contributed by atoms with van der Waals surface area (Å²) in [6.07, 6.45) is 1.58. The molecule has 2 aromatic rings. The summed E-state index contributed by atoms with van der Waals surface area (Å²) in [6, 6.07) is 13.9. The highest BCUT2D eigenvalue weighted by Crippen LogP contribution is 2.24. The molecule has 1 N–H and O–H groups in total. The summed E-state index contributed by atoms with van der Waals surface area (Å²) in [5, 5.41) is 14.6. The van der Waals surface area contributed by atoms with Gasteiger partial charge in [-0.05, 0) is 27.6 Å².